The number of aromatic nitrogens is 1. The van der Waals surface area contributed by atoms with Gasteiger partial charge in [0.05, 0.1) is 23.1 Å². The molecule has 0 radical (unpaired) electrons. The molecule has 1 aromatic carbocycles. The van der Waals surface area contributed by atoms with Crippen LogP contribution in [0.1, 0.15) is 13.3 Å². The van der Waals surface area contributed by atoms with Crippen molar-refractivity contribution in [3.8, 4) is 0 Å². The second-order valence-corrected chi connectivity index (χ2v) is 4.36. The highest BCUT2D eigenvalue weighted by atomic mass is 16.1. The average molecular weight is 227 g/mol. The van der Waals surface area contributed by atoms with Crippen LogP contribution < -0.4 is 10.6 Å². The van der Waals surface area contributed by atoms with E-state index in [2.05, 4.69) is 15.6 Å². The summed E-state index contributed by atoms with van der Waals surface area (Å²) in [5.74, 6) is 0.0285. The van der Waals surface area contributed by atoms with Crippen LogP contribution in [0.3, 0.4) is 0 Å². The van der Waals surface area contributed by atoms with Gasteiger partial charge in [0.25, 0.3) is 0 Å². The quantitative estimate of drug-likeness (QED) is 0.726. The first-order chi connectivity index (χ1) is 8.24. The lowest BCUT2D eigenvalue weighted by atomic mass is 10.1. The van der Waals surface area contributed by atoms with E-state index in [0.717, 1.165) is 22.3 Å². The fourth-order valence-corrected chi connectivity index (χ4v) is 2.17. The summed E-state index contributed by atoms with van der Waals surface area (Å²) in [4.78, 5) is 16.0. The minimum absolute atomic E-state index is 0.0285. The van der Waals surface area contributed by atoms with Crippen LogP contribution in [0.5, 0.6) is 0 Å². The number of amides is 1. The Labute approximate surface area is 99.0 Å². The van der Waals surface area contributed by atoms with E-state index in [0.29, 0.717) is 6.42 Å². The number of para-hydroxylation sites is 1. The van der Waals surface area contributed by atoms with Crippen molar-refractivity contribution < 1.29 is 4.79 Å². The predicted octanol–water partition coefficient (Wildman–Crippen LogP) is 2.38. The largest absolute Gasteiger partial charge is 0.380 e. The van der Waals surface area contributed by atoms with Gasteiger partial charge < -0.3 is 10.6 Å². The van der Waals surface area contributed by atoms with E-state index < -0.39 is 0 Å². The second kappa shape index (κ2) is 3.73. The highest BCUT2D eigenvalue weighted by Crippen LogP contribution is 2.32. The van der Waals surface area contributed by atoms with Crippen LogP contribution in [0, 0.1) is 0 Å². The molecule has 4 heteroatoms. The fourth-order valence-electron chi connectivity index (χ4n) is 2.17. The number of anilines is 2. The van der Waals surface area contributed by atoms with Crippen LogP contribution in [-0.4, -0.2) is 16.9 Å². The van der Waals surface area contributed by atoms with E-state index in [4.69, 9.17) is 0 Å². The van der Waals surface area contributed by atoms with Gasteiger partial charge in [0.2, 0.25) is 5.91 Å². The predicted molar refractivity (Wildman–Crippen MR) is 68.1 cm³/mol. The van der Waals surface area contributed by atoms with Gasteiger partial charge in [-0.1, -0.05) is 18.2 Å². The first-order valence-corrected chi connectivity index (χ1v) is 5.68. The number of nitrogens with one attached hydrogen (secondary N) is 2. The molecule has 0 saturated carbocycles. The van der Waals surface area contributed by atoms with Gasteiger partial charge in [-0.3, -0.25) is 9.78 Å². The van der Waals surface area contributed by atoms with Crippen molar-refractivity contribution in [1.29, 1.82) is 0 Å². The Morgan fingerprint density at radius 1 is 1.35 bits per heavy atom. The van der Waals surface area contributed by atoms with Crippen molar-refractivity contribution in [2.75, 3.05) is 10.6 Å². The molecule has 1 aliphatic rings. The fraction of sp³-hybridized carbons (Fsp3) is 0.231. The van der Waals surface area contributed by atoms with Gasteiger partial charge >= 0.3 is 0 Å². The van der Waals surface area contributed by atoms with Crippen molar-refractivity contribution in [2.24, 2.45) is 0 Å². The highest BCUT2D eigenvalue weighted by molar-refractivity contribution is 6.04. The normalized spacial score (nSPS) is 19.1. The third-order valence-electron chi connectivity index (χ3n) is 2.93. The van der Waals surface area contributed by atoms with E-state index in [-0.39, 0.29) is 11.9 Å². The van der Waals surface area contributed by atoms with Crippen LogP contribution >= 0.6 is 0 Å². The van der Waals surface area contributed by atoms with Crippen molar-refractivity contribution in [1.82, 2.24) is 4.98 Å². The molecule has 2 aromatic rings. The molecule has 2 heterocycles. The molecular formula is C13H13N3O. The molecule has 0 aliphatic carbocycles. The van der Waals surface area contributed by atoms with Crippen LogP contribution in [0.4, 0.5) is 11.4 Å². The van der Waals surface area contributed by atoms with Crippen molar-refractivity contribution in [3.63, 3.8) is 0 Å². The smallest absolute Gasteiger partial charge is 0.226 e. The number of hydrogen-bond donors (Lipinski definition) is 2. The Bertz CT molecular complexity index is 594. The average Bonchev–Trinajstić information content (AvgIpc) is 2.46. The minimum Gasteiger partial charge on any atom is -0.380 e. The Balaban J connectivity index is 2.24. The van der Waals surface area contributed by atoms with Crippen molar-refractivity contribution >= 4 is 28.2 Å². The second-order valence-electron chi connectivity index (χ2n) is 4.36. The molecule has 17 heavy (non-hydrogen) atoms. The first-order valence-electron chi connectivity index (χ1n) is 5.68. The molecule has 0 saturated heterocycles. The highest BCUT2D eigenvalue weighted by Gasteiger charge is 2.19. The van der Waals surface area contributed by atoms with Gasteiger partial charge in [-0.15, -0.1) is 0 Å². The van der Waals surface area contributed by atoms with E-state index in [1.807, 2.05) is 31.2 Å². The summed E-state index contributed by atoms with van der Waals surface area (Å²) in [5.41, 5.74) is 2.66. The molecule has 86 valence electrons. The number of pyridine rings is 1. The summed E-state index contributed by atoms with van der Waals surface area (Å²) < 4.78 is 0. The van der Waals surface area contributed by atoms with Crippen LogP contribution in [0.15, 0.2) is 30.5 Å². The molecule has 0 fully saturated rings. The van der Waals surface area contributed by atoms with Crippen LogP contribution in [-0.2, 0) is 4.79 Å². The molecule has 1 aliphatic heterocycles. The third-order valence-corrected chi connectivity index (χ3v) is 2.93. The van der Waals surface area contributed by atoms with Crippen molar-refractivity contribution in [2.45, 2.75) is 19.4 Å². The summed E-state index contributed by atoms with van der Waals surface area (Å²) in [6, 6.07) is 8.04. The van der Waals surface area contributed by atoms with E-state index in [9.17, 15) is 4.79 Å². The van der Waals surface area contributed by atoms with Gasteiger partial charge in [-0.25, -0.2) is 0 Å². The third kappa shape index (κ3) is 1.71. The zero-order chi connectivity index (χ0) is 11.8. The molecule has 1 amide bonds. The molecule has 4 nitrogen and oxygen atoms in total. The molecule has 1 aromatic heterocycles. The molecule has 3 rings (SSSR count). The molecule has 0 spiro atoms. The zero-order valence-corrected chi connectivity index (χ0v) is 9.53. The Morgan fingerprint density at radius 3 is 3.06 bits per heavy atom. The van der Waals surface area contributed by atoms with Crippen LogP contribution in [0.2, 0.25) is 0 Å². The SMILES string of the molecule is CC1CC(=O)Nc2cnc3ccccc3c2N1. The lowest BCUT2D eigenvalue weighted by Gasteiger charge is -2.13. The Kier molecular flexibility index (Phi) is 2.21. The van der Waals surface area contributed by atoms with Crippen LogP contribution in [0.25, 0.3) is 10.9 Å². The number of rotatable bonds is 0. The maximum atomic E-state index is 11.6. The Morgan fingerprint density at radius 2 is 2.18 bits per heavy atom. The Hall–Kier alpha value is -2.10. The number of carbonyl (C=O) groups is 1. The number of nitrogens with zero attached hydrogens (tertiary/aromatic N) is 1. The summed E-state index contributed by atoms with van der Waals surface area (Å²) in [5, 5.41) is 7.29. The lowest BCUT2D eigenvalue weighted by molar-refractivity contribution is -0.116. The van der Waals surface area contributed by atoms with E-state index in [1.165, 1.54) is 0 Å². The summed E-state index contributed by atoms with van der Waals surface area (Å²) >= 11 is 0. The topological polar surface area (TPSA) is 54.0 Å². The molecule has 1 unspecified atom stereocenters. The maximum Gasteiger partial charge on any atom is 0.226 e. The number of fused-ring (bicyclic) bond motifs is 3. The summed E-state index contributed by atoms with van der Waals surface area (Å²) in [6.45, 7) is 2.00. The summed E-state index contributed by atoms with van der Waals surface area (Å²) in [6.07, 6.45) is 2.18. The van der Waals surface area contributed by atoms with Gasteiger partial charge in [0, 0.05) is 17.8 Å². The maximum absolute atomic E-state index is 11.6. The van der Waals surface area contributed by atoms with E-state index >= 15 is 0 Å². The van der Waals surface area contributed by atoms with Gasteiger partial charge in [-0.2, -0.15) is 0 Å². The van der Waals surface area contributed by atoms with Gasteiger partial charge in [0.1, 0.15) is 0 Å². The zero-order valence-electron chi connectivity index (χ0n) is 9.53. The number of carbonyl (C=O) groups excluding carboxylic acids is 1. The van der Waals surface area contributed by atoms with Crippen molar-refractivity contribution in [3.05, 3.63) is 30.5 Å². The molecule has 2 N–H and O–H groups in total. The standard InChI is InChI=1S/C13H13N3O/c1-8-6-12(17)16-11-7-14-10-5-3-2-4-9(10)13(11)15-8/h2-5,7-8,15H,6H2,1H3,(H,16,17). The molecular weight excluding hydrogens is 214 g/mol. The lowest BCUT2D eigenvalue weighted by Crippen LogP contribution is -2.18. The van der Waals surface area contributed by atoms with E-state index in [1.54, 1.807) is 6.20 Å². The molecule has 1 atom stereocenters. The minimum atomic E-state index is 0.0285. The monoisotopic (exact) mass is 227 g/mol. The first kappa shape index (κ1) is 10.1. The number of hydrogen-bond acceptors (Lipinski definition) is 3. The summed E-state index contributed by atoms with van der Waals surface area (Å²) in [7, 11) is 0. The van der Waals surface area contributed by atoms with Gasteiger partial charge in [-0.05, 0) is 13.0 Å². The van der Waals surface area contributed by atoms with Gasteiger partial charge in [0.15, 0.2) is 0 Å². The molecule has 0 bridgehead atoms. The number of benzene rings is 1.